The molecule has 0 bridgehead atoms. The van der Waals surface area contributed by atoms with Gasteiger partial charge < -0.3 is 4.42 Å². The van der Waals surface area contributed by atoms with E-state index in [4.69, 9.17) is 19.4 Å². The topological polar surface area (TPSA) is 51.8 Å². The van der Waals surface area contributed by atoms with E-state index in [1.54, 1.807) is 0 Å². The van der Waals surface area contributed by atoms with Crippen molar-refractivity contribution in [2.75, 3.05) is 0 Å². The summed E-state index contributed by atoms with van der Waals surface area (Å²) in [7, 11) is 0. The molecule has 254 valence electrons. The minimum Gasteiger partial charge on any atom is -0.455 e. The largest absolute Gasteiger partial charge is 0.455 e. The first-order valence-electron chi connectivity index (χ1n) is 18.6. The minimum atomic E-state index is 0.621. The fraction of sp³-hybridized carbons (Fsp3) is 0. The molecule has 0 unspecified atom stereocenters. The number of hydrogen-bond donors (Lipinski definition) is 0. The van der Waals surface area contributed by atoms with E-state index in [-0.39, 0.29) is 0 Å². The zero-order valence-corrected chi connectivity index (χ0v) is 29.5. The first kappa shape index (κ1) is 30.1. The zero-order chi connectivity index (χ0) is 36.0. The minimum absolute atomic E-state index is 0.621. The molecule has 0 fully saturated rings. The summed E-state index contributed by atoms with van der Waals surface area (Å²) in [6.07, 6.45) is 0. The molecule has 2 aromatic heterocycles. The molecule has 0 atom stereocenters. The van der Waals surface area contributed by atoms with Crippen LogP contribution in [0.3, 0.4) is 0 Å². The van der Waals surface area contributed by atoms with Crippen LogP contribution in [-0.4, -0.2) is 15.0 Å². The van der Waals surface area contributed by atoms with E-state index < -0.39 is 0 Å². The Morgan fingerprint density at radius 3 is 1.73 bits per heavy atom. The van der Waals surface area contributed by atoms with Gasteiger partial charge in [-0.3, -0.25) is 0 Å². The maximum Gasteiger partial charge on any atom is 0.164 e. The van der Waals surface area contributed by atoms with Crippen LogP contribution in [0.1, 0.15) is 0 Å². The van der Waals surface area contributed by atoms with Crippen molar-refractivity contribution >= 4 is 54.3 Å². The Bertz CT molecular complexity index is 3310. The highest BCUT2D eigenvalue weighted by atomic mass is 16.3. The number of nitrogens with zero attached hydrogens (tertiary/aromatic N) is 3. The lowest BCUT2D eigenvalue weighted by atomic mass is 9.95. The van der Waals surface area contributed by atoms with E-state index >= 15 is 0 Å². The smallest absolute Gasteiger partial charge is 0.164 e. The van der Waals surface area contributed by atoms with Crippen molar-refractivity contribution in [1.82, 2.24) is 15.0 Å². The molecule has 0 amide bonds. The first-order valence-corrected chi connectivity index (χ1v) is 18.6. The lowest BCUT2D eigenvalue weighted by molar-refractivity contribution is 0.673. The van der Waals surface area contributed by atoms with Crippen LogP contribution in [0.2, 0.25) is 0 Å². The van der Waals surface area contributed by atoms with Crippen molar-refractivity contribution in [3.8, 4) is 67.5 Å². The van der Waals surface area contributed by atoms with Crippen LogP contribution in [0.25, 0.3) is 122 Å². The summed E-state index contributed by atoms with van der Waals surface area (Å²) >= 11 is 0. The number of aromatic nitrogens is 3. The molecule has 4 nitrogen and oxygen atoms in total. The third-order valence-corrected chi connectivity index (χ3v) is 11.2. The Balaban J connectivity index is 1.06. The number of benzene rings is 9. The molecule has 55 heavy (non-hydrogen) atoms. The van der Waals surface area contributed by atoms with Crippen molar-refractivity contribution in [2.45, 2.75) is 0 Å². The summed E-state index contributed by atoms with van der Waals surface area (Å²) in [6, 6.07) is 62.1. The summed E-state index contributed by atoms with van der Waals surface area (Å²) in [4.78, 5) is 15.2. The van der Waals surface area contributed by atoms with Gasteiger partial charge in [-0.05, 0) is 90.6 Å². The Morgan fingerprint density at radius 2 is 0.945 bits per heavy atom. The van der Waals surface area contributed by atoms with Gasteiger partial charge in [-0.2, -0.15) is 0 Å². The third kappa shape index (κ3) is 4.55. The van der Waals surface area contributed by atoms with Gasteiger partial charge in [-0.1, -0.05) is 146 Å². The quantitative estimate of drug-likeness (QED) is 0.172. The van der Waals surface area contributed by atoms with Gasteiger partial charge in [-0.25, -0.2) is 15.0 Å². The number of fused-ring (bicyclic) bond motifs is 10. The van der Waals surface area contributed by atoms with Crippen molar-refractivity contribution < 1.29 is 4.42 Å². The van der Waals surface area contributed by atoms with Crippen LogP contribution in [0.15, 0.2) is 180 Å². The second-order valence-corrected chi connectivity index (χ2v) is 14.3. The van der Waals surface area contributed by atoms with E-state index in [2.05, 4.69) is 115 Å². The van der Waals surface area contributed by atoms with Crippen LogP contribution in [0.4, 0.5) is 0 Å². The van der Waals surface area contributed by atoms with Gasteiger partial charge in [-0.15, -0.1) is 0 Å². The average Bonchev–Trinajstić information content (AvgIpc) is 3.79. The van der Waals surface area contributed by atoms with Crippen LogP contribution >= 0.6 is 0 Å². The molecule has 0 radical (unpaired) electrons. The predicted octanol–water partition coefficient (Wildman–Crippen LogP) is 13.5. The van der Waals surface area contributed by atoms with Gasteiger partial charge in [0.25, 0.3) is 0 Å². The van der Waals surface area contributed by atoms with Gasteiger partial charge in [0.2, 0.25) is 0 Å². The maximum absolute atomic E-state index is 6.68. The number of rotatable bonds is 4. The first-order chi connectivity index (χ1) is 27.2. The summed E-state index contributed by atoms with van der Waals surface area (Å²) < 4.78 is 6.68. The molecule has 0 aliphatic heterocycles. The highest BCUT2D eigenvalue weighted by Crippen LogP contribution is 2.50. The lowest BCUT2D eigenvalue weighted by Gasteiger charge is -2.11. The Morgan fingerprint density at radius 1 is 0.309 bits per heavy atom. The second kappa shape index (κ2) is 11.5. The van der Waals surface area contributed by atoms with Crippen LogP contribution < -0.4 is 0 Å². The van der Waals surface area contributed by atoms with Gasteiger partial charge in [0.1, 0.15) is 11.2 Å². The van der Waals surface area contributed by atoms with Gasteiger partial charge >= 0.3 is 0 Å². The molecule has 0 saturated heterocycles. The molecule has 0 saturated carbocycles. The standard InChI is InChI=1S/C51H29N3O/c1-3-12-30(13-4-1)49-52-50(31-14-5-2-6-15-31)54-51(53-49)45-29-44-42-27-33(23-25-46(42)55-48(44)40-19-10-9-18-36(40)45)32-22-24-37-39-21-11-20-38-35-17-8-7-16-34(35)28-43(47(38)39)41(37)26-32/h1-29H. The molecule has 4 heteroatoms. The van der Waals surface area contributed by atoms with E-state index in [0.29, 0.717) is 17.5 Å². The summed E-state index contributed by atoms with van der Waals surface area (Å²) in [5, 5.41) is 9.33. The van der Waals surface area contributed by atoms with E-state index in [1.165, 1.54) is 49.4 Å². The molecule has 11 aromatic rings. The highest BCUT2D eigenvalue weighted by Gasteiger charge is 2.24. The molecule has 2 heterocycles. The van der Waals surface area contributed by atoms with Crippen LogP contribution in [0, 0.1) is 0 Å². The molecule has 12 rings (SSSR count). The van der Waals surface area contributed by atoms with Crippen molar-refractivity contribution in [1.29, 1.82) is 0 Å². The Labute approximate surface area is 316 Å². The summed E-state index contributed by atoms with van der Waals surface area (Å²) in [5.74, 6) is 1.89. The second-order valence-electron chi connectivity index (χ2n) is 14.3. The fourth-order valence-electron chi connectivity index (χ4n) is 8.67. The maximum atomic E-state index is 6.68. The molecule has 0 spiro atoms. The van der Waals surface area contributed by atoms with Crippen molar-refractivity contribution in [3.63, 3.8) is 0 Å². The SMILES string of the molecule is c1ccc(-c2nc(-c3ccccc3)nc(-c3cc4c5cc(-c6ccc7c(c6)-c6cc8ccccc8c8cccc-7c68)ccc5oc4c4ccccc34)n2)cc1. The normalized spacial score (nSPS) is 12.0. The summed E-state index contributed by atoms with van der Waals surface area (Å²) in [6.45, 7) is 0. The molecule has 1 aliphatic rings. The van der Waals surface area contributed by atoms with Gasteiger partial charge in [0.15, 0.2) is 17.5 Å². The van der Waals surface area contributed by atoms with Crippen LogP contribution in [0.5, 0.6) is 0 Å². The molecule has 0 N–H and O–H groups in total. The molecule has 9 aromatic carbocycles. The van der Waals surface area contributed by atoms with Crippen LogP contribution in [-0.2, 0) is 0 Å². The Kier molecular flexibility index (Phi) is 6.31. The van der Waals surface area contributed by atoms with E-state index in [1.807, 2.05) is 60.7 Å². The monoisotopic (exact) mass is 699 g/mol. The number of furan rings is 1. The molecular weight excluding hydrogens is 671 g/mol. The number of hydrogen-bond acceptors (Lipinski definition) is 4. The fourth-order valence-corrected chi connectivity index (χ4v) is 8.67. The van der Waals surface area contributed by atoms with Crippen molar-refractivity contribution in [2.24, 2.45) is 0 Å². The lowest BCUT2D eigenvalue weighted by Crippen LogP contribution is -2.00. The van der Waals surface area contributed by atoms with Crippen molar-refractivity contribution in [3.05, 3.63) is 176 Å². The van der Waals surface area contributed by atoms with E-state index in [9.17, 15) is 0 Å². The molecular formula is C51H29N3O. The zero-order valence-electron chi connectivity index (χ0n) is 29.5. The highest BCUT2D eigenvalue weighted by molar-refractivity contribution is 6.24. The summed E-state index contributed by atoms with van der Waals surface area (Å²) in [5.41, 5.74) is 12.0. The Hall–Kier alpha value is -7.43. The van der Waals surface area contributed by atoms with Gasteiger partial charge in [0.05, 0.1) is 0 Å². The molecule has 1 aliphatic carbocycles. The van der Waals surface area contributed by atoms with E-state index in [0.717, 1.165) is 55.0 Å². The van der Waals surface area contributed by atoms with Gasteiger partial charge in [0, 0.05) is 32.8 Å². The third-order valence-electron chi connectivity index (χ3n) is 11.2. The average molecular weight is 700 g/mol. The predicted molar refractivity (Wildman–Crippen MR) is 226 cm³/mol.